The minimum atomic E-state index is -3.60. The third-order valence-electron chi connectivity index (χ3n) is 4.82. The highest BCUT2D eigenvalue weighted by Gasteiger charge is 2.55. The molecule has 1 aromatic carbocycles. The standard InChI is InChI=1S/C18H18N4O8S/c1-10-13(29-17(24)28-10)9-27-21-18-8-14(23)30-16(18)20-19-15(18)11-4-6-12(7-5-11)31(25,26)22(2)3/h4-7,21H,8-9H2,1-3H3. The first-order valence-electron chi connectivity index (χ1n) is 9.02. The van der Waals surface area contributed by atoms with Gasteiger partial charge in [0.1, 0.15) is 18.1 Å². The van der Waals surface area contributed by atoms with Crippen LogP contribution in [0.3, 0.4) is 0 Å². The number of nitrogens with one attached hydrogen (secondary N) is 1. The summed E-state index contributed by atoms with van der Waals surface area (Å²) in [6.07, 6.45) is -0.156. The third-order valence-corrected chi connectivity index (χ3v) is 6.65. The second-order valence-electron chi connectivity index (χ2n) is 7.05. The van der Waals surface area contributed by atoms with Crippen LogP contribution in [0.1, 0.15) is 23.5 Å². The molecule has 2 aromatic rings. The van der Waals surface area contributed by atoms with Crippen molar-refractivity contribution in [3.05, 3.63) is 52.0 Å². The number of benzene rings is 1. The summed E-state index contributed by atoms with van der Waals surface area (Å²) in [5.74, 6) is -0.961. The number of aryl methyl sites for hydroxylation is 1. The van der Waals surface area contributed by atoms with Gasteiger partial charge in [-0.25, -0.2) is 17.5 Å². The fourth-order valence-electron chi connectivity index (χ4n) is 3.15. The lowest BCUT2D eigenvalue weighted by molar-refractivity contribution is -0.133. The highest BCUT2D eigenvalue weighted by atomic mass is 32.2. The molecule has 2 aliphatic heterocycles. The smallest absolute Gasteiger partial charge is 0.407 e. The van der Waals surface area contributed by atoms with E-state index in [1.807, 2.05) is 0 Å². The molecule has 2 aliphatic rings. The van der Waals surface area contributed by atoms with E-state index in [4.69, 9.17) is 18.4 Å². The fourth-order valence-corrected chi connectivity index (χ4v) is 4.06. The zero-order valence-electron chi connectivity index (χ0n) is 16.7. The Kier molecular flexibility index (Phi) is 5.13. The van der Waals surface area contributed by atoms with Crippen molar-refractivity contribution < 1.29 is 31.6 Å². The summed E-state index contributed by atoms with van der Waals surface area (Å²) in [5.41, 5.74) is 2.26. The summed E-state index contributed by atoms with van der Waals surface area (Å²) in [6, 6.07) is 5.97. The number of hydroxylamine groups is 1. The van der Waals surface area contributed by atoms with Gasteiger partial charge in [-0.05, 0) is 19.1 Å². The Labute approximate surface area is 176 Å². The Bertz CT molecular complexity index is 1260. The second-order valence-corrected chi connectivity index (χ2v) is 9.20. The molecule has 31 heavy (non-hydrogen) atoms. The van der Waals surface area contributed by atoms with Gasteiger partial charge in [-0.15, -0.1) is 10.2 Å². The van der Waals surface area contributed by atoms with Gasteiger partial charge in [0.05, 0.1) is 11.3 Å². The van der Waals surface area contributed by atoms with Crippen LogP contribution in [0.2, 0.25) is 0 Å². The molecule has 0 aliphatic carbocycles. The van der Waals surface area contributed by atoms with Crippen molar-refractivity contribution in [3.63, 3.8) is 0 Å². The first-order valence-corrected chi connectivity index (χ1v) is 10.5. The molecule has 1 fully saturated rings. The predicted octanol–water partition coefficient (Wildman–Crippen LogP) is 0.315. The molecule has 0 spiro atoms. The lowest BCUT2D eigenvalue weighted by atomic mass is 9.88. The number of rotatable bonds is 7. The summed E-state index contributed by atoms with van der Waals surface area (Å²) in [6.45, 7) is 1.37. The number of ether oxygens (including phenoxy) is 1. The van der Waals surface area contributed by atoms with Crippen LogP contribution in [0.4, 0.5) is 0 Å². The van der Waals surface area contributed by atoms with E-state index in [1.54, 1.807) is 19.1 Å². The monoisotopic (exact) mass is 450 g/mol. The van der Waals surface area contributed by atoms with Gasteiger partial charge in [0.15, 0.2) is 11.3 Å². The Morgan fingerprint density at radius 1 is 1.16 bits per heavy atom. The van der Waals surface area contributed by atoms with E-state index in [2.05, 4.69) is 15.7 Å². The maximum atomic E-state index is 12.3. The molecule has 4 rings (SSSR count). The molecule has 1 unspecified atom stereocenters. The third kappa shape index (κ3) is 3.61. The largest absolute Gasteiger partial charge is 0.519 e. The van der Waals surface area contributed by atoms with Crippen LogP contribution in [-0.4, -0.2) is 49.9 Å². The number of sulfonamides is 1. The summed E-state index contributed by atoms with van der Waals surface area (Å²) in [4.78, 5) is 28.7. The molecule has 0 radical (unpaired) electrons. The SMILES string of the molecule is Cc1oc(=O)oc1CONC12CC(=O)OC1=NN=C2c1ccc(S(=O)(=O)N(C)C)cc1. The van der Waals surface area contributed by atoms with Crippen LogP contribution < -0.4 is 11.3 Å². The average molecular weight is 450 g/mol. The minimum Gasteiger partial charge on any atom is -0.407 e. The van der Waals surface area contributed by atoms with Gasteiger partial charge in [0.25, 0.3) is 0 Å². The molecule has 3 heterocycles. The summed E-state index contributed by atoms with van der Waals surface area (Å²) >= 11 is 0. The van der Waals surface area contributed by atoms with Crippen molar-refractivity contribution in [3.8, 4) is 0 Å². The maximum Gasteiger partial charge on any atom is 0.519 e. The van der Waals surface area contributed by atoms with Gasteiger partial charge in [0, 0.05) is 19.7 Å². The van der Waals surface area contributed by atoms with E-state index in [1.165, 1.54) is 26.2 Å². The maximum absolute atomic E-state index is 12.3. The van der Waals surface area contributed by atoms with Crippen LogP contribution >= 0.6 is 0 Å². The normalized spacial score (nSPS) is 20.6. The van der Waals surface area contributed by atoms with Crippen molar-refractivity contribution in [2.24, 2.45) is 10.2 Å². The number of carbonyl (C=O) groups is 1. The molecular formula is C18H18N4O8S. The first kappa shape index (κ1) is 21.1. The molecule has 1 N–H and O–H groups in total. The van der Waals surface area contributed by atoms with E-state index in [0.29, 0.717) is 11.3 Å². The molecule has 0 amide bonds. The lowest BCUT2D eigenvalue weighted by Crippen LogP contribution is -2.54. The molecule has 0 saturated carbocycles. The van der Waals surface area contributed by atoms with Gasteiger partial charge in [-0.1, -0.05) is 12.1 Å². The van der Waals surface area contributed by atoms with E-state index >= 15 is 0 Å². The zero-order chi connectivity index (χ0) is 22.4. The molecule has 1 saturated heterocycles. The molecule has 13 heteroatoms. The number of hydrogen-bond acceptors (Lipinski definition) is 11. The molecule has 1 atom stereocenters. The fraction of sp³-hybridized carbons (Fsp3) is 0.333. The first-order chi connectivity index (χ1) is 14.6. The summed E-state index contributed by atoms with van der Waals surface area (Å²) in [7, 11) is -0.732. The van der Waals surface area contributed by atoms with Crippen LogP contribution in [0.5, 0.6) is 0 Å². The molecule has 0 bridgehead atoms. The number of hydrogen-bond donors (Lipinski definition) is 1. The van der Waals surface area contributed by atoms with Crippen LogP contribution in [-0.2, 0) is 31.0 Å². The summed E-state index contributed by atoms with van der Waals surface area (Å²) < 4.78 is 40.5. The minimum absolute atomic E-state index is 0.00265. The molecule has 164 valence electrons. The van der Waals surface area contributed by atoms with E-state index in [9.17, 15) is 18.0 Å². The quantitative estimate of drug-likeness (QED) is 0.464. The van der Waals surface area contributed by atoms with Crippen molar-refractivity contribution in [2.45, 2.75) is 30.4 Å². The van der Waals surface area contributed by atoms with E-state index in [0.717, 1.165) is 4.31 Å². The highest BCUT2D eigenvalue weighted by molar-refractivity contribution is 7.89. The topological polar surface area (TPSA) is 153 Å². The van der Waals surface area contributed by atoms with Gasteiger partial charge in [0.2, 0.25) is 15.9 Å². The molecular weight excluding hydrogens is 432 g/mol. The Morgan fingerprint density at radius 3 is 2.48 bits per heavy atom. The second kappa shape index (κ2) is 7.53. The van der Waals surface area contributed by atoms with E-state index in [-0.39, 0.29) is 35.3 Å². The molecule has 12 nitrogen and oxygen atoms in total. The average Bonchev–Trinajstić information content (AvgIpc) is 3.31. The van der Waals surface area contributed by atoms with Crippen LogP contribution in [0.15, 0.2) is 53.0 Å². The zero-order valence-corrected chi connectivity index (χ0v) is 17.6. The van der Waals surface area contributed by atoms with Crippen molar-refractivity contribution in [2.75, 3.05) is 14.1 Å². The lowest BCUT2D eigenvalue weighted by Gasteiger charge is -2.24. The van der Waals surface area contributed by atoms with Crippen molar-refractivity contribution >= 4 is 27.6 Å². The molecule has 1 aromatic heterocycles. The van der Waals surface area contributed by atoms with Gasteiger partial charge in [-0.3, -0.25) is 9.63 Å². The van der Waals surface area contributed by atoms with Crippen molar-refractivity contribution in [1.29, 1.82) is 0 Å². The van der Waals surface area contributed by atoms with Gasteiger partial charge >= 0.3 is 11.8 Å². The number of fused-ring (bicyclic) bond motifs is 1. The number of carbonyl (C=O) groups excluding carboxylic acids is 1. The van der Waals surface area contributed by atoms with Gasteiger partial charge < -0.3 is 13.6 Å². The Balaban J connectivity index is 1.59. The van der Waals surface area contributed by atoms with Gasteiger partial charge in [-0.2, -0.15) is 5.48 Å². The number of nitrogens with zero attached hydrogens (tertiary/aromatic N) is 3. The Hall–Kier alpha value is -3.13. The predicted molar refractivity (Wildman–Crippen MR) is 105 cm³/mol. The summed E-state index contributed by atoms with van der Waals surface area (Å²) in [5, 5.41) is 8.03. The number of esters is 1. The van der Waals surface area contributed by atoms with Crippen molar-refractivity contribution in [1.82, 2.24) is 9.79 Å². The van der Waals surface area contributed by atoms with E-state index < -0.39 is 27.4 Å². The highest BCUT2D eigenvalue weighted by Crippen LogP contribution is 2.32. The Morgan fingerprint density at radius 2 is 1.87 bits per heavy atom. The van der Waals surface area contributed by atoms with Crippen LogP contribution in [0.25, 0.3) is 0 Å². The van der Waals surface area contributed by atoms with Crippen LogP contribution in [0, 0.1) is 6.92 Å².